The van der Waals surface area contributed by atoms with Crippen LogP contribution < -0.4 is 5.32 Å². The molecule has 1 atom stereocenters. The molecule has 1 aliphatic heterocycles. The van der Waals surface area contributed by atoms with Crippen molar-refractivity contribution in [3.05, 3.63) is 29.3 Å². The number of benzene rings is 1. The smallest absolute Gasteiger partial charge is 0.0552 e. The molecule has 0 aliphatic carbocycles. The number of alkyl halides is 1. The van der Waals surface area contributed by atoms with Crippen LogP contribution in [0.2, 0.25) is 0 Å². The Labute approximate surface area is 80.3 Å². The van der Waals surface area contributed by atoms with Crippen molar-refractivity contribution < 1.29 is 0 Å². The van der Waals surface area contributed by atoms with E-state index in [1.54, 1.807) is 0 Å². The maximum atomic E-state index is 3.37. The van der Waals surface area contributed by atoms with Crippen LogP contribution in [-0.4, -0.2) is 6.54 Å². The summed E-state index contributed by atoms with van der Waals surface area (Å²) in [5.74, 6) is 0. The molecular formula is C9H10IN. The molecule has 0 aromatic heterocycles. The molecule has 0 saturated heterocycles. The van der Waals surface area contributed by atoms with Crippen LogP contribution in [0, 0.1) is 6.92 Å². The van der Waals surface area contributed by atoms with Crippen LogP contribution in [0.25, 0.3) is 0 Å². The van der Waals surface area contributed by atoms with E-state index in [4.69, 9.17) is 0 Å². The molecule has 1 aromatic rings. The lowest BCUT2D eigenvalue weighted by Gasteiger charge is -2.01. The molecule has 11 heavy (non-hydrogen) atoms. The van der Waals surface area contributed by atoms with Gasteiger partial charge in [0.05, 0.1) is 3.92 Å². The Morgan fingerprint density at radius 3 is 3.18 bits per heavy atom. The Balaban J connectivity index is 2.52. The monoisotopic (exact) mass is 259 g/mol. The first-order chi connectivity index (χ1) is 5.27. The third kappa shape index (κ3) is 1.24. The SMILES string of the molecule is Cc1ccc2c(c1)C(I)CN2. The van der Waals surface area contributed by atoms with Crippen molar-refractivity contribution in [2.75, 3.05) is 11.9 Å². The molecular weight excluding hydrogens is 249 g/mol. The first kappa shape index (κ1) is 7.40. The maximum Gasteiger partial charge on any atom is 0.0552 e. The Kier molecular flexibility index (Phi) is 1.79. The fraction of sp³-hybridized carbons (Fsp3) is 0.333. The highest BCUT2D eigenvalue weighted by molar-refractivity contribution is 14.1. The predicted molar refractivity (Wildman–Crippen MR) is 56.4 cm³/mol. The van der Waals surface area contributed by atoms with Gasteiger partial charge in [0, 0.05) is 12.2 Å². The topological polar surface area (TPSA) is 12.0 Å². The highest BCUT2D eigenvalue weighted by Crippen LogP contribution is 2.36. The lowest BCUT2D eigenvalue weighted by atomic mass is 10.1. The van der Waals surface area contributed by atoms with Gasteiger partial charge < -0.3 is 5.32 Å². The lowest BCUT2D eigenvalue weighted by molar-refractivity contribution is 1.11. The quantitative estimate of drug-likeness (QED) is 0.558. The van der Waals surface area contributed by atoms with Gasteiger partial charge in [0.1, 0.15) is 0 Å². The standard InChI is InChI=1S/C9H10IN/c1-6-2-3-9-7(4-6)8(10)5-11-9/h2-4,8,11H,5H2,1H3. The second-order valence-corrected chi connectivity index (χ2v) is 4.44. The molecule has 0 saturated carbocycles. The van der Waals surface area contributed by atoms with Crippen molar-refractivity contribution in [1.29, 1.82) is 0 Å². The maximum absolute atomic E-state index is 3.37. The van der Waals surface area contributed by atoms with Crippen molar-refractivity contribution in [1.82, 2.24) is 0 Å². The Morgan fingerprint density at radius 1 is 1.55 bits per heavy atom. The zero-order valence-electron chi connectivity index (χ0n) is 6.39. The molecule has 2 heteroatoms. The van der Waals surface area contributed by atoms with Crippen molar-refractivity contribution in [3.8, 4) is 0 Å². The number of halogens is 1. The summed E-state index contributed by atoms with van der Waals surface area (Å²) in [5, 5.41) is 3.37. The van der Waals surface area contributed by atoms with Gasteiger partial charge in [-0.15, -0.1) is 0 Å². The second kappa shape index (κ2) is 2.66. The van der Waals surface area contributed by atoms with Gasteiger partial charge in [-0.3, -0.25) is 0 Å². The number of fused-ring (bicyclic) bond motifs is 1. The van der Waals surface area contributed by atoms with E-state index in [-0.39, 0.29) is 0 Å². The van der Waals surface area contributed by atoms with Gasteiger partial charge in [-0.25, -0.2) is 0 Å². The Hall–Kier alpha value is -0.250. The fourth-order valence-electron chi connectivity index (χ4n) is 1.41. The van der Waals surface area contributed by atoms with Gasteiger partial charge in [-0.05, 0) is 18.6 Å². The molecule has 0 fully saturated rings. The van der Waals surface area contributed by atoms with Crippen molar-refractivity contribution >= 4 is 28.3 Å². The van der Waals surface area contributed by atoms with Gasteiger partial charge in [0.15, 0.2) is 0 Å². The van der Waals surface area contributed by atoms with Crippen LogP contribution in [0.15, 0.2) is 18.2 Å². The van der Waals surface area contributed by atoms with Gasteiger partial charge in [0.25, 0.3) is 0 Å². The van der Waals surface area contributed by atoms with Crippen molar-refractivity contribution in [2.24, 2.45) is 0 Å². The molecule has 1 aromatic carbocycles. The Bertz CT molecular complexity index is 283. The molecule has 2 rings (SSSR count). The summed E-state index contributed by atoms with van der Waals surface area (Å²) >= 11 is 2.48. The minimum absolute atomic E-state index is 0.655. The van der Waals surface area contributed by atoms with Crippen LogP contribution in [0.4, 0.5) is 5.69 Å². The van der Waals surface area contributed by atoms with Gasteiger partial charge >= 0.3 is 0 Å². The molecule has 1 unspecified atom stereocenters. The minimum atomic E-state index is 0.655. The first-order valence-corrected chi connectivity index (χ1v) is 5.00. The van der Waals surface area contributed by atoms with E-state index in [2.05, 4.69) is 53.0 Å². The van der Waals surface area contributed by atoms with Crippen LogP contribution in [0.1, 0.15) is 15.1 Å². The van der Waals surface area contributed by atoms with E-state index < -0.39 is 0 Å². The molecule has 0 amide bonds. The van der Waals surface area contributed by atoms with E-state index >= 15 is 0 Å². The zero-order valence-corrected chi connectivity index (χ0v) is 8.55. The average molecular weight is 259 g/mol. The zero-order chi connectivity index (χ0) is 7.84. The normalized spacial score (nSPS) is 21.1. The molecule has 58 valence electrons. The molecule has 1 nitrogen and oxygen atoms in total. The van der Waals surface area contributed by atoms with Crippen LogP contribution >= 0.6 is 22.6 Å². The first-order valence-electron chi connectivity index (χ1n) is 3.76. The van der Waals surface area contributed by atoms with Crippen molar-refractivity contribution in [3.63, 3.8) is 0 Å². The van der Waals surface area contributed by atoms with E-state index in [9.17, 15) is 0 Å². The number of nitrogens with one attached hydrogen (secondary N) is 1. The number of rotatable bonds is 0. The van der Waals surface area contributed by atoms with Gasteiger partial charge in [-0.1, -0.05) is 40.3 Å². The number of anilines is 1. The summed E-state index contributed by atoms with van der Waals surface area (Å²) in [6.07, 6.45) is 0. The molecule has 0 spiro atoms. The summed E-state index contributed by atoms with van der Waals surface area (Å²) < 4.78 is 0.655. The third-order valence-electron chi connectivity index (χ3n) is 2.02. The lowest BCUT2D eigenvalue weighted by Crippen LogP contribution is -1.93. The number of hydrogen-bond acceptors (Lipinski definition) is 1. The van der Waals surface area contributed by atoms with Crippen LogP contribution in [0.5, 0.6) is 0 Å². The number of aryl methyl sites for hydroxylation is 1. The highest BCUT2D eigenvalue weighted by Gasteiger charge is 2.18. The van der Waals surface area contributed by atoms with Crippen molar-refractivity contribution in [2.45, 2.75) is 10.8 Å². The summed E-state index contributed by atoms with van der Waals surface area (Å²) in [4.78, 5) is 0. The van der Waals surface area contributed by atoms with Crippen LogP contribution in [-0.2, 0) is 0 Å². The highest BCUT2D eigenvalue weighted by atomic mass is 127. The minimum Gasteiger partial charge on any atom is -0.383 e. The van der Waals surface area contributed by atoms with Gasteiger partial charge in [-0.2, -0.15) is 0 Å². The molecule has 1 heterocycles. The Morgan fingerprint density at radius 2 is 2.36 bits per heavy atom. The summed E-state index contributed by atoms with van der Waals surface area (Å²) in [6, 6.07) is 6.59. The number of hydrogen-bond donors (Lipinski definition) is 1. The predicted octanol–water partition coefficient (Wildman–Crippen LogP) is 2.90. The fourth-order valence-corrected chi connectivity index (χ4v) is 2.15. The van der Waals surface area contributed by atoms with Crippen LogP contribution in [0.3, 0.4) is 0 Å². The van der Waals surface area contributed by atoms with E-state index in [1.807, 2.05) is 0 Å². The summed E-state index contributed by atoms with van der Waals surface area (Å²) in [5.41, 5.74) is 4.13. The third-order valence-corrected chi connectivity index (χ3v) is 3.13. The van der Waals surface area contributed by atoms with Gasteiger partial charge in [0.2, 0.25) is 0 Å². The average Bonchev–Trinajstić information content (AvgIpc) is 2.33. The van der Waals surface area contributed by atoms with E-state index in [0.29, 0.717) is 3.92 Å². The van der Waals surface area contributed by atoms with E-state index in [1.165, 1.54) is 16.8 Å². The largest absolute Gasteiger partial charge is 0.383 e. The molecule has 0 radical (unpaired) electrons. The molecule has 1 aliphatic rings. The summed E-state index contributed by atoms with van der Waals surface area (Å²) in [6.45, 7) is 3.22. The second-order valence-electron chi connectivity index (χ2n) is 2.94. The summed E-state index contributed by atoms with van der Waals surface area (Å²) in [7, 11) is 0. The molecule has 1 N–H and O–H groups in total. The van der Waals surface area contributed by atoms with E-state index in [0.717, 1.165) is 6.54 Å². The molecule has 0 bridgehead atoms.